The van der Waals surface area contributed by atoms with Crippen molar-refractivity contribution in [2.75, 3.05) is 0 Å². The molecule has 1 aromatic heterocycles. The van der Waals surface area contributed by atoms with Crippen molar-refractivity contribution in [2.45, 2.75) is 25.7 Å². The van der Waals surface area contributed by atoms with Crippen LogP contribution in [0.3, 0.4) is 0 Å². The minimum absolute atomic E-state index is 0.207. The molecular formula is C14H15N3O3. The first-order valence-electron chi connectivity index (χ1n) is 6.41. The molecule has 1 aliphatic heterocycles. The van der Waals surface area contributed by atoms with Gasteiger partial charge in [-0.25, -0.2) is 4.98 Å². The zero-order chi connectivity index (χ0) is 13.9. The van der Waals surface area contributed by atoms with Gasteiger partial charge in [-0.1, -0.05) is 12.1 Å². The molecule has 1 aliphatic rings. The van der Waals surface area contributed by atoms with E-state index in [2.05, 4.69) is 15.3 Å². The number of amides is 1. The Balaban J connectivity index is 1.66. The largest absolute Gasteiger partial charge is 0.482 e. The molecule has 0 radical (unpaired) electrons. The van der Waals surface area contributed by atoms with Crippen molar-refractivity contribution >= 4 is 5.91 Å². The first-order valence-corrected chi connectivity index (χ1v) is 6.41. The molecule has 0 saturated heterocycles. The van der Waals surface area contributed by atoms with E-state index in [1.54, 1.807) is 18.6 Å². The number of hydrogen-bond acceptors (Lipinski definition) is 4. The lowest BCUT2D eigenvalue weighted by Gasteiger charge is -2.30. The van der Waals surface area contributed by atoms with Gasteiger partial charge in [0.25, 0.3) is 5.91 Å². The molecule has 1 aromatic carbocycles. The summed E-state index contributed by atoms with van der Waals surface area (Å²) in [7, 11) is 0. The maximum Gasteiger partial charge on any atom is 0.265 e. The van der Waals surface area contributed by atoms with Crippen molar-refractivity contribution < 1.29 is 14.3 Å². The summed E-state index contributed by atoms with van der Waals surface area (Å²) in [5.74, 6) is 1.05. The van der Waals surface area contributed by atoms with Crippen LogP contribution in [-0.2, 0) is 11.3 Å². The van der Waals surface area contributed by atoms with Gasteiger partial charge in [0.15, 0.2) is 11.5 Å². The zero-order valence-electron chi connectivity index (χ0n) is 11.0. The van der Waals surface area contributed by atoms with Crippen LogP contribution in [0, 0.1) is 0 Å². The van der Waals surface area contributed by atoms with Gasteiger partial charge in [0.05, 0.1) is 18.6 Å². The van der Waals surface area contributed by atoms with Gasteiger partial charge in [0, 0.05) is 6.20 Å². The maximum absolute atomic E-state index is 12.2. The highest BCUT2D eigenvalue weighted by molar-refractivity contribution is 5.82. The second-order valence-electron chi connectivity index (χ2n) is 4.60. The second-order valence-corrected chi connectivity index (χ2v) is 4.60. The fourth-order valence-electron chi connectivity index (χ4n) is 2.07. The number of rotatable bonds is 3. The van der Waals surface area contributed by atoms with Crippen LogP contribution in [0.25, 0.3) is 0 Å². The number of carbonyl (C=O) groups excluding carboxylic acids is 1. The molecule has 0 saturated carbocycles. The van der Waals surface area contributed by atoms with E-state index in [0.717, 1.165) is 5.69 Å². The number of hydrogen-bond donors (Lipinski definition) is 2. The average Bonchev–Trinajstić information content (AvgIpc) is 2.97. The van der Waals surface area contributed by atoms with Crippen LogP contribution in [0.1, 0.15) is 12.6 Å². The zero-order valence-corrected chi connectivity index (χ0v) is 11.0. The number of aromatic nitrogens is 2. The van der Waals surface area contributed by atoms with E-state index in [-0.39, 0.29) is 12.0 Å². The third-order valence-corrected chi connectivity index (χ3v) is 3.11. The van der Waals surface area contributed by atoms with Crippen LogP contribution in [0.4, 0.5) is 0 Å². The minimum Gasteiger partial charge on any atom is -0.482 e. The fraction of sp³-hybridized carbons (Fsp3) is 0.286. The second kappa shape index (κ2) is 5.24. The number of ether oxygens (including phenoxy) is 2. The first kappa shape index (κ1) is 12.5. The summed E-state index contributed by atoms with van der Waals surface area (Å²) in [5, 5.41) is 2.80. The highest BCUT2D eigenvalue weighted by atomic mass is 16.6. The predicted molar refractivity (Wildman–Crippen MR) is 71.4 cm³/mol. The molecule has 0 aliphatic carbocycles. The first-order chi connectivity index (χ1) is 9.74. The number of carbonyl (C=O) groups is 1. The number of para-hydroxylation sites is 2. The molecule has 2 heterocycles. The molecule has 2 unspecified atom stereocenters. The van der Waals surface area contributed by atoms with Crippen LogP contribution in [0.5, 0.6) is 11.5 Å². The van der Waals surface area contributed by atoms with Gasteiger partial charge in [-0.15, -0.1) is 0 Å². The summed E-state index contributed by atoms with van der Waals surface area (Å²) in [6, 6.07) is 7.33. The van der Waals surface area contributed by atoms with Gasteiger partial charge in [0.1, 0.15) is 6.10 Å². The molecule has 1 amide bonds. The Bertz CT molecular complexity index is 597. The van der Waals surface area contributed by atoms with Crippen molar-refractivity contribution in [3.05, 3.63) is 42.5 Å². The standard InChI is InChI=1S/C14H15N3O3/c1-9-13(14(18)16-7-10-6-15-8-17-10)20-12-5-3-2-4-11(12)19-9/h2-6,8-9,13H,7H2,1H3,(H,15,17)(H,16,18). The van der Waals surface area contributed by atoms with E-state index < -0.39 is 6.10 Å². The van der Waals surface area contributed by atoms with Crippen molar-refractivity contribution in [3.63, 3.8) is 0 Å². The molecule has 6 heteroatoms. The number of aromatic amines is 1. The van der Waals surface area contributed by atoms with E-state index in [9.17, 15) is 4.79 Å². The highest BCUT2D eigenvalue weighted by Crippen LogP contribution is 2.33. The van der Waals surface area contributed by atoms with E-state index in [1.165, 1.54) is 0 Å². The molecule has 20 heavy (non-hydrogen) atoms. The molecule has 0 spiro atoms. The predicted octanol–water partition coefficient (Wildman–Crippen LogP) is 1.25. The van der Waals surface area contributed by atoms with Gasteiger partial charge >= 0.3 is 0 Å². The van der Waals surface area contributed by atoms with Crippen LogP contribution >= 0.6 is 0 Å². The van der Waals surface area contributed by atoms with Crippen LogP contribution in [0.2, 0.25) is 0 Å². The molecule has 2 N–H and O–H groups in total. The monoisotopic (exact) mass is 273 g/mol. The summed E-state index contributed by atoms with van der Waals surface area (Å²) >= 11 is 0. The van der Waals surface area contributed by atoms with E-state index >= 15 is 0 Å². The molecule has 6 nitrogen and oxygen atoms in total. The molecule has 2 atom stereocenters. The summed E-state index contributed by atoms with van der Waals surface area (Å²) < 4.78 is 11.4. The fourth-order valence-corrected chi connectivity index (χ4v) is 2.07. The lowest BCUT2D eigenvalue weighted by molar-refractivity contribution is -0.133. The molecule has 104 valence electrons. The van der Waals surface area contributed by atoms with Gasteiger partial charge in [-0.05, 0) is 19.1 Å². The SMILES string of the molecule is CC1Oc2ccccc2OC1C(=O)NCc1cnc[nH]1. The van der Waals surface area contributed by atoms with Gasteiger partial charge in [0.2, 0.25) is 6.10 Å². The van der Waals surface area contributed by atoms with E-state index in [0.29, 0.717) is 18.0 Å². The third-order valence-electron chi connectivity index (χ3n) is 3.11. The van der Waals surface area contributed by atoms with E-state index in [1.807, 2.05) is 25.1 Å². The topological polar surface area (TPSA) is 76.2 Å². The lowest BCUT2D eigenvalue weighted by atomic mass is 10.1. The normalized spacial score (nSPS) is 20.4. The van der Waals surface area contributed by atoms with Crippen molar-refractivity contribution in [1.29, 1.82) is 0 Å². The summed E-state index contributed by atoms with van der Waals surface area (Å²) in [6.45, 7) is 2.20. The average molecular weight is 273 g/mol. The van der Waals surface area contributed by atoms with Crippen LogP contribution in [0.15, 0.2) is 36.8 Å². The Kier molecular flexibility index (Phi) is 3.28. The Hall–Kier alpha value is -2.50. The van der Waals surface area contributed by atoms with Crippen LogP contribution in [-0.4, -0.2) is 28.1 Å². The Morgan fingerprint density at radius 2 is 2.10 bits per heavy atom. The van der Waals surface area contributed by atoms with Crippen molar-refractivity contribution in [2.24, 2.45) is 0 Å². The van der Waals surface area contributed by atoms with Crippen LogP contribution < -0.4 is 14.8 Å². The molecule has 0 fully saturated rings. The molecular weight excluding hydrogens is 258 g/mol. The summed E-state index contributed by atoms with van der Waals surface area (Å²) in [6.07, 6.45) is 2.23. The number of nitrogens with one attached hydrogen (secondary N) is 2. The van der Waals surface area contributed by atoms with E-state index in [4.69, 9.17) is 9.47 Å². The van der Waals surface area contributed by atoms with Crippen molar-refractivity contribution in [3.8, 4) is 11.5 Å². The Labute approximate surface area is 116 Å². The molecule has 0 bridgehead atoms. The molecule has 3 rings (SSSR count). The third kappa shape index (κ3) is 2.45. The Morgan fingerprint density at radius 1 is 1.35 bits per heavy atom. The number of benzene rings is 1. The number of fused-ring (bicyclic) bond motifs is 1. The number of imidazole rings is 1. The van der Waals surface area contributed by atoms with Gasteiger partial charge < -0.3 is 19.8 Å². The Morgan fingerprint density at radius 3 is 2.80 bits per heavy atom. The smallest absolute Gasteiger partial charge is 0.265 e. The van der Waals surface area contributed by atoms with Crippen molar-refractivity contribution in [1.82, 2.24) is 15.3 Å². The summed E-state index contributed by atoms with van der Waals surface area (Å²) in [4.78, 5) is 19.0. The number of nitrogens with zero attached hydrogens (tertiary/aromatic N) is 1. The van der Waals surface area contributed by atoms with Gasteiger partial charge in [-0.3, -0.25) is 4.79 Å². The molecule has 2 aromatic rings. The highest BCUT2D eigenvalue weighted by Gasteiger charge is 2.33. The minimum atomic E-state index is -0.659. The summed E-state index contributed by atoms with van der Waals surface area (Å²) in [5.41, 5.74) is 0.836. The quantitative estimate of drug-likeness (QED) is 0.882. The van der Waals surface area contributed by atoms with Gasteiger partial charge in [-0.2, -0.15) is 0 Å². The number of H-pyrrole nitrogens is 1. The lowest BCUT2D eigenvalue weighted by Crippen LogP contribution is -2.48. The maximum atomic E-state index is 12.2.